The van der Waals surface area contributed by atoms with E-state index in [-0.39, 0.29) is 12.1 Å². The second-order valence-electron chi connectivity index (χ2n) is 5.06. The van der Waals surface area contributed by atoms with Crippen LogP contribution in [-0.4, -0.2) is 44.4 Å². The van der Waals surface area contributed by atoms with Crippen molar-refractivity contribution < 1.29 is 9.47 Å². The monoisotopic (exact) mass is 264 g/mol. The van der Waals surface area contributed by atoms with Gasteiger partial charge < -0.3 is 15.2 Å². The molecule has 1 heterocycles. The summed E-state index contributed by atoms with van der Waals surface area (Å²) < 4.78 is 10.9. The minimum absolute atomic E-state index is 0.248. The van der Waals surface area contributed by atoms with Gasteiger partial charge in [-0.2, -0.15) is 0 Å². The Morgan fingerprint density at radius 2 is 2.26 bits per heavy atom. The van der Waals surface area contributed by atoms with Gasteiger partial charge in [-0.1, -0.05) is 24.3 Å². The van der Waals surface area contributed by atoms with Gasteiger partial charge in [0.1, 0.15) is 0 Å². The fraction of sp³-hybridized carbons (Fsp3) is 0.600. The van der Waals surface area contributed by atoms with Crippen molar-refractivity contribution in [2.45, 2.75) is 25.7 Å². The third-order valence-corrected chi connectivity index (χ3v) is 3.65. The van der Waals surface area contributed by atoms with Crippen LogP contribution in [0.15, 0.2) is 24.3 Å². The normalized spacial score (nSPS) is 22.4. The van der Waals surface area contributed by atoms with Crippen LogP contribution >= 0.6 is 0 Å². The zero-order valence-corrected chi connectivity index (χ0v) is 11.8. The minimum atomic E-state index is 0.248. The van der Waals surface area contributed by atoms with Crippen molar-refractivity contribution in [1.29, 1.82) is 0 Å². The van der Waals surface area contributed by atoms with Crippen molar-refractivity contribution in [2.24, 2.45) is 5.73 Å². The van der Waals surface area contributed by atoms with Crippen LogP contribution < -0.4 is 5.73 Å². The zero-order valence-electron chi connectivity index (χ0n) is 11.8. The number of ether oxygens (including phenoxy) is 2. The van der Waals surface area contributed by atoms with E-state index in [9.17, 15) is 0 Å². The smallest absolute Gasteiger partial charge is 0.0716 e. The molecule has 1 aromatic carbocycles. The molecule has 0 amide bonds. The topological polar surface area (TPSA) is 47.7 Å². The summed E-state index contributed by atoms with van der Waals surface area (Å²) in [5, 5.41) is 0. The average molecular weight is 264 g/mol. The molecule has 19 heavy (non-hydrogen) atoms. The van der Waals surface area contributed by atoms with E-state index < -0.39 is 0 Å². The Morgan fingerprint density at radius 3 is 2.95 bits per heavy atom. The van der Waals surface area contributed by atoms with Crippen LogP contribution in [0, 0.1) is 0 Å². The van der Waals surface area contributed by atoms with Gasteiger partial charge in [-0.25, -0.2) is 0 Å². The number of rotatable bonds is 5. The molecule has 1 aromatic rings. The summed E-state index contributed by atoms with van der Waals surface area (Å²) in [6, 6.07) is 8.64. The summed E-state index contributed by atoms with van der Waals surface area (Å²) in [5.41, 5.74) is 8.52. The summed E-state index contributed by atoms with van der Waals surface area (Å²) in [6.07, 6.45) is 0.275. The highest BCUT2D eigenvalue weighted by molar-refractivity contribution is 5.30. The molecule has 1 aliphatic heterocycles. The second kappa shape index (κ2) is 7.01. The molecule has 0 saturated carbocycles. The van der Waals surface area contributed by atoms with Gasteiger partial charge in [-0.05, 0) is 18.1 Å². The predicted octanol–water partition coefficient (Wildman–Crippen LogP) is 1.55. The van der Waals surface area contributed by atoms with E-state index in [2.05, 4.69) is 30.0 Å². The summed E-state index contributed by atoms with van der Waals surface area (Å²) in [4.78, 5) is 2.42. The van der Waals surface area contributed by atoms with Crippen molar-refractivity contribution >= 4 is 0 Å². The molecule has 2 unspecified atom stereocenters. The van der Waals surface area contributed by atoms with Crippen LogP contribution in [0.25, 0.3) is 0 Å². The maximum Gasteiger partial charge on any atom is 0.0716 e. The van der Waals surface area contributed by atoms with Crippen LogP contribution in [0.1, 0.15) is 24.1 Å². The van der Waals surface area contributed by atoms with E-state index in [1.807, 2.05) is 6.07 Å². The molecule has 0 bridgehead atoms. The Kier molecular flexibility index (Phi) is 5.34. The van der Waals surface area contributed by atoms with Crippen molar-refractivity contribution in [3.63, 3.8) is 0 Å². The number of morpholine rings is 1. The molecule has 0 radical (unpaired) electrons. The van der Waals surface area contributed by atoms with Crippen molar-refractivity contribution in [1.82, 2.24) is 4.90 Å². The fourth-order valence-electron chi connectivity index (χ4n) is 2.75. The second-order valence-corrected chi connectivity index (χ2v) is 5.06. The van der Waals surface area contributed by atoms with E-state index in [1.165, 1.54) is 11.1 Å². The molecule has 0 aromatic heterocycles. The minimum Gasteiger partial charge on any atom is -0.380 e. The Balaban J connectivity index is 2.20. The number of nitrogens with zero attached hydrogens (tertiary/aromatic N) is 1. The van der Waals surface area contributed by atoms with E-state index in [0.717, 1.165) is 19.7 Å². The highest BCUT2D eigenvalue weighted by atomic mass is 16.5. The molecule has 0 aliphatic carbocycles. The van der Waals surface area contributed by atoms with Gasteiger partial charge in [0.15, 0.2) is 0 Å². The number of hydrogen-bond donors (Lipinski definition) is 1. The molecular formula is C15H24N2O2. The fourth-order valence-corrected chi connectivity index (χ4v) is 2.75. The van der Waals surface area contributed by atoms with Gasteiger partial charge in [0.05, 0.1) is 19.3 Å². The molecule has 4 nitrogen and oxygen atoms in total. The maximum atomic E-state index is 6.02. The van der Waals surface area contributed by atoms with Crippen LogP contribution in [0.5, 0.6) is 0 Å². The Labute approximate surface area is 115 Å². The molecule has 0 spiro atoms. The first-order valence-corrected chi connectivity index (χ1v) is 6.88. The first kappa shape index (κ1) is 14.5. The lowest BCUT2D eigenvalue weighted by Crippen LogP contribution is -2.45. The first-order valence-electron chi connectivity index (χ1n) is 6.88. The lowest BCUT2D eigenvalue weighted by atomic mass is 9.98. The molecule has 1 aliphatic rings. The molecule has 106 valence electrons. The number of nitrogens with two attached hydrogens (primary N) is 1. The van der Waals surface area contributed by atoms with E-state index in [4.69, 9.17) is 15.2 Å². The van der Waals surface area contributed by atoms with Crippen molar-refractivity contribution in [3.8, 4) is 0 Å². The highest BCUT2D eigenvalue weighted by Gasteiger charge is 2.25. The largest absolute Gasteiger partial charge is 0.380 e. The molecule has 2 atom stereocenters. The maximum absolute atomic E-state index is 6.02. The first-order chi connectivity index (χ1) is 9.26. The molecule has 1 fully saturated rings. The Bertz CT molecular complexity index is 397. The zero-order chi connectivity index (χ0) is 13.7. The summed E-state index contributed by atoms with van der Waals surface area (Å²) >= 11 is 0. The quantitative estimate of drug-likeness (QED) is 0.876. The molecule has 4 heteroatoms. The summed E-state index contributed by atoms with van der Waals surface area (Å²) in [7, 11) is 1.73. The SMILES string of the molecule is COCc1ccccc1C(CN)N1CCOC(C)C1. The molecule has 2 rings (SSSR count). The van der Waals surface area contributed by atoms with Gasteiger partial charge in [-0.15, -0.1) is 0 Å². The summed E-state index contributed by atoms with van der Waals surface area (Å²) in [5.74, 6) is 0. The van der Waals surface area contributed by atoms with Crippen LogP contribution in [0.4, 0.5) is 0 Å². The van der Waals surface area contributed by atoms with Crippen LogP contribution in [-0.2, 0) is 16.1 Å². The van der Waals surface area contributed by atoms with E-state index >= 15 is 0 Å². The van der Waals surface area contributed by atoms with Gasteiger partial charge in [-0.3, -0.25) is 4.90 Å². The van der Waals surface area contributed by atoms with Gasteiger partial charge >= 0.3 is 0 Å². The molecular weight excluding hydrogens is 240 g/mol. The number of hydrogen-bond acceptors (Lipinski definition) is 4. The predicted molar refractivity (Wildman–Crippen MR) is 75.9 cm³/mol. The van der Waals surface area contributed by atoms with Crippen LogP contribution in [0.3, 0.4) is 0 Å². The standard InChI is InChI=1S/C15H24N2O2/c1-12-10-17(7-8-19-12)15(9-16)14-6-4-3-5-13(14)11-18-2/h3-6,12,15H,7-11,16H2,1-2H3. The highest BCUT2D eigenvalue weighted by Crippen LogP contribution is 2.25. The van der Waals surface area contributed by atoms with E-state index in [1.54, 1.807) is 7.11 Å². The average Bonchev–Trinajstić information content (AvgIpc) is 2.42. The lowest BCUT2D eigenvalue weighted by Gasteiger charge is -2.37. The number of benzene rings is 1. The lowest BCUT2D eigenvalue weighted by molar-refractivity contribution is -0.0335. The summed E-state index contributed by atoms with van der Waals surface area (Å²) in [6.45, 7) is 6.02. The number of methoxy groups -OCH3 is 1. The molecule has 2 N–H and O–H groups in total. The van der Waals surface area contributed by atoms with Crippen molar-refractivity contribution in [3.05, 3.63) is 35.4 Å². The van der Waals surface area contributed by atoms with Gasteiger partial charge in [0.25, 0.3) is 0 Å². The molecule has 1 saturated heterocycles. The van der Waals surface area contributed by atoms with Gasteiger partial charge in [0.2, 0.25) is 0 Å². The van der Waals surface area contributed by atoms with Crippen molar-refractivity contribution in [2.75, 3.05) is 33.4 Å². The van der Waals surface area contributed by atoms with Crippen LogP contribution in [0.2, 0.25) is 0 Å². The van der Waals surface area contributed by atoms with Gasteiger partial charge in [0, 0.05) is 32.8 Å². The van der Waals surface area contributed by atoms with E-state index in [0.29, 0.717) is 13.2 Å². The Hall–Kier alpha value is -0.940. The third kappa shape index (κ3) is 3.54. The Morgan fingerprint density at radius 1 is 1.47 bits per heavy atom. The third-order valence-electron chi connectivity index (χ3n) is 3.65.